The number of carboxylic acids is 1. The first kappa shape index (κ1) is 8.58. The van der Waals surface area contributed by atoms with Crippen molar-refractivity contribution in [3.8, 4) is 0 Å². The van der Waals surface area contributed by atoms with Gasteiger partial charge in [0, 0.05) is 0 Å². The summed E-state index contributed by atoms with van der Waals surface area (Å²) in [6.45, 7) is 0. The van der Waals surface area contributed by atoms with Gasteiger partial charge in [-0.3, -0.25) is 4.57 Å². The molecule has 0 aliphatic rings. The van der Waals surface area contributed by atoms with Crippen molar-refractivity contribution in [3.05, 3.63) is 0 Å². The second-order valence-electron chi connectivity index (χ2n) is 1.28. The van der Waals surface area contributed by atoms with E-state index in [1.165, 1.54) is 0 Å². The normalized spacial score (nSPS) is 15.0. The molecule has 0 rings (SSSR count). The fourth-order valence-corrected chi connectivity index (χ4v) is 0.412. The molecule has 0 bridgehead atoms. The third-order valence-corrected chi connectivity index (χ3v) is 1.38. The van der Waals surface area contributed by atoms with E-state index in [9.17, 15) is 14.5 Å². The van der Waals surface area contributed by atoms with Crippen LogP contribution in [-0.4, -0.2) is 26.7 Å². The van der Waals surface area contributed by atoms with Crippen molar-refractivity contribution in [1.29, 1.82) is 0 Å². The van der Waals surface area contributed by atoms with Crippen molar-refractivity contribution in [2.45, 2.75) is 5.85 Å². The maximum atomic E-state index is 9.80. The largest absolute Gasteiger partial charge is 0.547 e. The summed E-state index contributed by atoms with van der Waals surface area (Å²) < 4.78 is 9.80. The topological polar surface area (TPSA) is 118 Å². The number of carboxylic acid groups (broad SMARTS) is 1. The molecule has 6 nitrogen and oxygen atoms in total. The van der Waals surface area contributed by atoms with Crippen LogP contribution in [0.5, 0.6) is 0 Å². The molecule has 0 aliphatic carbocycles. The minimum Gasteiger partial charge on any atom is -0.547 e. The second kappa shape index (κ2) is 2.45. The monoisotopic (exact) mass is 155 g/mol. The first-order chi connectivity index (χ1) is 3.85. The van der Waals surface area contributed by atoms with Crippen LogP contribution in [0.15, 0.2) is 0 Å². The van der Waals surface area contributed by atoms with Gasteiger partial charge in [-0.2, -0.15) is 0 Å². The smallest absolute Gasteiger partial charge is 0.359 e. The molecule has 0 radical (unpaired) electrons. The Balaban J connectivity index is 4.23. The van der Waals surface area contributed by atoms with Gasteiger partial charge in [0.2, 0.25) is 0 Å². The van der Waals surface area contributed by atoms with Gasteiger partial charge in [0.05, 0.1) is 5.97 Å². The van der Waals surface area contributed by atoms with Crippen LogP contribution in [0.1, 0.15) is 0 Å². The van der Waals surface area contributed by atoms with E-state index in [1.54, 1.807) is 0 Å². The number of rotatable bonds is 2. The molecule has 3 N–H and O–H groups in total. The van der Waals surface area contributed by atoms with Crippen molar-refractivity contribution >= 4 is 13.6 Å². The maximum absolute atomic E-state index is 9.80. The average Bonchev–Trinajstić information content (AvgIpc) is 1.62. The lowest BCUT2D eigenvalue weighted by Gasteiger charge is -2.11. The van der Waals surface area contributed by atoms with Gasteiger partial charge in [-0.15, -0.1) is 0 Å². The molecular weight excluding hydrogens is 151 g/mol. The Bertz CT molecular complexity index is 156. The second-order valence-corrected chi connectivity index (χ2v) is 2.95. The molecule has 0 aromatic carbocycles. The molecule has 0 saturated heterocycles. The Hall–Kier alpha value is -0.420. The summed E-state index contributed by atoms with van der Waals surface area (Å²) in [5.74, 6) is -4.89. The van der Waals surface area contributed by atoms with E-state index in [2.05, 4.69) is 0 Å². The van der Waals surface area contributed by atoms with Crippen LogP contribution in [0.25, 0.3) is 0 Å². The molecule has 0 saturated carbocycles. The van der Waals surface area contributed by atoms with Crippen LogP contribution in [0.3, 0.4) is 0 Å². The first-order valence-electron chi connectivity index (χ1n) is 1.80. The molecule has 0 heterocycles. The van der Waals surface area contributed by atoms with Crippen LogP contribution < -0.4 is 5.11 Å². The standard InChI is InChI=1S/C2H5O6P/c3-1(4)2(5)9(6,7)8/h2,5H,(H,3,4)(H2,6,7,8)/p-1. The summed E-state index contributed by atoms with van der Waals surface area (Å²) in [4.78, 5) is 25.3. The minimum atomic E-state index is -4.92. The molecule has 0 aromatic rings. The lowest BCUT2D eigenvalue weighted by molar-refractivity contribution is -0.311. The Morgan fingerprint density at radius 2 is 1.89 bits per heavy atom. The van der Waals surface area contributed by atoms with Gasteiger partial charge >= 0.3 is 7.60 Å². The number of aliphatic hydroxyl groups is 1. The van der Waals surface area contributed by atoms with Crippen LogP contribution in [0.2, 0.25) is 0 Å². The van der Waals surface area contributed by atoms with Gasteiger partial charge in [-0.05, 0) is 0 Å². The number of aliphatic carboxylic acids is 1. The van der Waals surface area contributed by atoms with Crippen LogP contribution in [-0.2, 0) is 9.36 Å². The van der Waals surface area contributed by atoms with Crippen molar-refractivity contribution in [3.63, 3.8) is 0 Å². The predicted octanol–water partition coefficient (Wildman–Crippen LogP) is -2.77. The lowest BCUT2D eigenvalue weighted by Crippen LogP contribution is -2.35. The Labute approximate surface area is 49.9 Å². The fourth-order valence-electron chi connectivity index (χ4n) is 0.137. The van der Waals surface area contributed by atoms with E-state index in [0.717, 1.165) is 0 Å². The van der Waals surface area contributed by atoms with Gasteiger partial charge in [-0.25, -0.2) is 0 Å². The van der Waals surface area contributed by atoms with Gasteiger partial charge in [-0.1, -0.05) is 0 Å². The van der Waals surface area contributed by atoms with Gasteiger partial charge in [0.25, 0.3) is 0 Å². The van der Waals surface area contributed by atoms with E-state index in [-0.39, 0.29) is 0 Å². The first-order valence-corrected chi connectivity index (χ1v) is 3.48. The predicted molar refractivity (Wildman–Crippen MR) is 23.1 cm³/mol. The Morgan fingerprint density at radius 3 is 1.89 bits per heavy atom. The van der Waals surface area contributed by atoms with E-state index in [1.807, 2.05) is 0 Å². The number of hydrogen-bond donors (Lipinski definition) is 3. The lowest BCUT2D eigenvalue weighted by atomic mass is 10.7. The fraction of sp³-hybridized carbons (Fsp3) is 0.500. The zero-order chi connectivity index (χ0) is 7.65. The molecule has 0 amide bonds. The number of carbonyl (C=O) groups is 1. The number of hydrogen-bond acceptors (Lipinski definition) is 4. The summed E-state index contributed by atoms with van der Waals surface area (Å²) in [7, 11) is -4.92. The van der Waals surface area contributed by atoms with Crippen LogP contribution >= 0.6 is 7.60 Å². The molecule has 0 aromatic heterocycles. The van der Waals surface area contributed by atoms with Crippen molar-refractivity contribution < 1.29 is 29.4 Å². The Morgan fingerprint density at radius 1 is 1.56 bits per heavy atom. The quantitative estimate of drug-likeness (QED) is 0.371. The molecule has 1 atom stereocenters. The zero-order valence-corrected chi connectivity index (χ0v) is 4.99. The van der Waals surface area contributed by atoms with E-state index >= 15 is 0 Å². The number of aliphatic hydroxyl groups excluding tert-OH is 1. The number of carbonyl (C=O) groups excluding carboxylic acids is 1. The highest BCUT2D eigenvalue weighted by Gasteiger charge is 2.26. The molecule has 54 valence electrons. The SMILES string of the molecule is O=C([O-])C(O)P(=O)(O)O. The van der Waals surface area contributed by atoms with Crippen LogP contribution in [0.4, 0.5) is 0 Å². The molecular formula is C2H4O6P-. The Kier molecular flexibility index (Phi) is 2.33. The van der Waals surface area contributed by atoms with Gasteiger partial charge in [0.15, 0.2) is 5.85 Å². The highest BCUT2D eigenvalue weighted by Crippen LogP contribution is 2.38. The summed E-state index contributed by atoms with van der Waals surface area (Å²) in [6, 6.07) is 0. The summed E-state index contributed by atoms with van der Waals surface area (Å²) in [5.41, 5.74) is 0. The minimum absolute atomic E-state index is 2.18. The summed E-state index contributed by atoms with van der Waals surface area (Å²) >= 11 is 0. The molecule has 9 heavy (non-hydrogen) atoms. The van der Waals surface area contributed by atoms with E-state index in [0.29, 0.717) is 0 Å². The highest BCUT2D eigenvalue weighted by molar-refractivity contribution is 7.53. The highest BCUT2D eigenvalue weighted by atomic mass is 31.2. The molecule has 0 spiro atoms. The van der Waals surface area contributed by atoms with Crippen LogP contribution in [0, 0.1) is 0 Å². The van der Waals surface area contributed by atoms with Crippen molar-refractivity contribution in [2.75, 3.05) is 0 Å². The zero-order valence-electron chi connectivity index (χ0n) is 4.09. The van der Waals surface area contributed by atoms with Gasteiger partial charge < -0.3 is 24.8 Å². The van der Waals surface area contributed by atoms with E-state index < -0.39 is 19.4 Å². The summed E-state index contributed by atoms with van der Waals surface area (Å²) in [5, 5.41) is 17.5. The molecule has 0 fully saturated rings. The summed E-state index contributed by atoms with van der Waals surface area (Å²) in [6.07, 6.45) is 0. The third-order valence-electron chi connectivity index (χ3n) is 0.529. The third kappa shape index (κ3) is 2.57. The average molecular weight is 155 g/mol. The molecule has 1 unspecified atom stereocenters. The van der Waals surface area contributed by atoms with Crippen molar-refractivity contribution in [2.24, 2.45) is 0 Å². The van der Waals surface area contributed by atoms with E-state index in [4.69, 9.17) is 14.9 Å². The maximum Gasteiger partial charge on any atom is 0.359 e. The van der Waals surface area contributed by atoms with Crippen molar-refractivity contribution in [1.82, 2.24) is 0 Å². The van der Waals surface area contributed by atoms with Gasteiger partial charge in [0.1, 0.15) is 0 Å². The molecule has 7 heteroatoms. The molecule has 0 aliphatic heterocycles.